The van der Waals surface area contributed by atoms with Gasteiger partial charge < -0.3 is 19.5 Å². The lowest BCUT2D eigenvalue weighted by Gasteiger charge is -2.19. The van der Waals surface area contributed by atoms with Crippen molar-refractivity contribution in [2.24, 2.45) is 0 Å². The molecule has 1 saturated carbocycles. The lowest BCUT2D eigenvalue weighted by molar-refractivity contribution is 0.0206. The van der Waals surface area contributed by atoms with Gasteiger partial charge in [0, 0.05) is 6.04 Å². The van der Waals surface area contributed by atoms with E-state index in [2.05, 4.69) is 5.32 Å². The first-order chi connectivity index (χ1) is 11.8. The summed E-state index contributed by atoms with van der Waals surface area (Å²) in [6.07, 6.45) is 1.23. The van der Waals surface area contributed by atoms with Crippen LogP contribution in [0.2, 0.25) is 0 Å². The molecule has 1 fully saturated rings. The van der Waals surface area contributed by atoms with E-state index in [1.54, 1.807) is 32.9 Å². The minimum Gasteiger partial charge on any atom is -0.444 e. The molecule has 0 aromatic heterocycles. The highest BCUT2D eigenvalue weighted by Gasteiger charge is 2.26. The molecule has 0 unspecified atom stereocenters. The molecule has 0 heterocycles. The number of alkyl carbamates (subject to hydrolysis) is 1. The highest BCUT2D eigenvalue weighted by Crippen LogP contribution is 2.19. The summed E-state index contributed by atoms with van der Waals surface area (Å²) in [5.74, 6) is 0.495. The van der Waals surface area contributed by atoms with Gasteiger partial charge in [-0.1, -0.05) is 17.7 Å². The second kappa shape index (κ2) is 8.92. The molecule has 0 saturated heterocycles. The van der Waals surface area contributed by atoms with Crippen LogP contribution in [0.4, 0.5) is 9.59 Å². The summed E-state index contributed by atoms with van der Waals surface area (Å²) in [6.45, 7) is 12.9. The second-order valence-electron chi connectivity index (χ2n) is 8.30. The van der Waals surface area contributed by atoms with Crippen LogP contribution in [0.1, 0.15) is 59.9 Å². The van der Waals surface area contributed by atoms with Gasteiger partial charge >= 0.3 is 12.2 Å². The third-order valence-corrected chi connectivity index (χ3v) is 2.91. The molecule has 1 aromatic carbocycles. The van der Waals surface area contributed by atoms with E-state index in [0.29, 0.717) is 11.8 Å². The number of hydrogen-bond acceptors (Lipinski definition) is 5. The fourth-order valence-corrected chi connectivity index (χ4v) is 1.68. The lowest BCUT2D eigenvalue weighted by atomic mass is 10.2. The van der Waals surface area contributed by atoms with Gasteiger partial charge in [0.15, 0.2) is 0 Å². The predicted molar refractivity (Wildman–Crippen MR) is 100 cm³/mol. The Hall–Kier alpha value is -2.24. The number of carbonyl (C=O) groups is 2. The maximum atomic E-state index is 11.3. The Bertz CT molecular complexity index is 592. The Kier molecular flexibility index (Phi) is 7.48. The second-order valence-corrected chi connectivity index (χ2v) is 8.30. The summed E-state index contributed by atoms with van der Waals surface area (Å²) in [6, 6.07) is 7.60. The molecular formula is C20H31NO5. The Morgan fingerprint density at radius 3 is 1.85 bits per heavy atom. The van der Waals surface area contributed by atoms with Crippen LogP contribution < -0.4 is 10.1 Å². The highest BCUT2D eigenvalue weighted by molar-refractivity contribution is 5.68. The molecular weight excluding hydrogens is 334 g/mol. The number of hydrogen-bond donors (Lipinski definition) is 1. The van der Waals surface area contributed by atoms with Gasteiger partial charge in [-0.05, 0) is 73.4 Å². The molecule has 146 valence electrons. The molecule has 0 bridgehead atoms. The fraction of sp³-hybridized carbons (Fsp3) is 0.600. The van der Waals surface area contributed by atoms with Crippen LogP contribution in [0.15, 0.2) is 24.3 Å². The number of amides is 1. The Morgan fingerprint density at radius 1 is 0.923 bits per heavy atom. The van der Waals surface area contributed by atoms with Crippen LogP contribution in [-0.2, 0) is 9.47 Å². The third-order valence-electron chi connectivity index (χ3n) is 2.91. The molecule has 1 aliphatic rings. The highest BCUT2D eigenvalue weighted by atomic mass is 16.7. The maximum Gasteiger partial charge on any atom is 0.514 e. The predicted octanol–water partition coefficient (Wildman–Crippen LogP) is 4.98. The Balaban J connectivity index is 0.000000273. The first-order valence-electron chi connectivity index (χ1n) is 8.81. The summed E-state index contributed by atoms with van der Waals surface area (Å²) >= 11 is 0. The van der Waals surface area contributed by atoms with Gasteiger partial charge in [-0.3, -0.25) is 0 Å². The number of carbonyl (C=O) groups excluding carboxylic acids is 2. The van der Waals surface area contributed by atoms with E-state index in [9.17, 15) is 9.59 Å². The fourth-order valence-electron chi connectivity index (χ4n) is 1.68. The lowest BCUT2D eigenvalue weighted by Crippen LogP contribution is -2.33. The van der Waals surface area contributed by atoms with Crippen molar-refractivity contribution in [2.75, 3.05) is 0 Å². The van der Waals surface area contributed by atoms with E-state index >= 15 is 0 Å². The van der Waals surface area contributed by atoms with Crippen molar-refractivity contribution in [3.8, 4) is 5.75 Å². The number of ether oxygens (including phenoxy) is 3. The van der Waals surface area contributed by atoms with E-state index in [-0.39, 0.29) is 11.7 Å². The Morgan fingerprint density at radius 2 is 1.42 bits per heavy atom. The summed E-state index contributed by atoms with van der Waals surface area (Å²) in [7, 11) is 0. The van der Waals surface area contributed by atoms with E-state index in [1.165, 1.54) is 0 Å². The normalized spacial score (nSPS) is 13.8. The van der Waals surface area contributed by atoms with E-state index in [4.69, 9.17) is 14.2 Å². The molecule has 0 spiro atoms. The molecule has 1 N–H and O–H groups in total. The quantitative estimate of drug-likeness (QED) is 0.591. The van der Waals surface area contributed by atoms with Gasteiger partial charge in [0.05, 0.1) is 0 Å². The van der Waals surface area contributed by atoms with Crippen LogP contribution in [0.5, 0.6) is 5.75 Å². The van der Waals surface area contributed by atoms with E-state index in [1.807, 2.05) is 39.8 Å². The van der Waals surface area contributed by atoms with Crippen LogP contribution in [0.3, 0.4) is 0 Å². The molecule has 1 aliphatic carbocycles. The van der Waals surface area contributed by atoms with Crippen molar-refractivity contribution in [3.63, 3.8) is 0 Å². The zero-order valence-corrected chi connectivity index (χ0v) is 16.8. The molecule has 0 atom stereocenters. The number of benzene rings is 1. The minimum atomic E-state index is -0.675. The van der Waals surface area contributed by atoms with Crippen LogP contribution >= 0.6 is 0 Å². The van der Waals surface area contributed by atoms with Crippen LogP contribution in [0, 0.1) is 6.92 Å². The van der Waals surface area contributed by atoms with Crippen molar-refractivity contribution in [2.45, 2.75) is 78.6 Å². The van der Waals surface area contributed by atoms with Crippen LogP contribution in [-0.4, -0.2) is 29.5 Å². The molecule has 6 nitrogen and oxygen atoms in total. The van der Waals surface area contributed by atoms with Gasteiger partial charge in [0.2, 0.25) is 0 Å². The zero-order valence-electron chi connectivity index (χ0n) is 16.8. The molecule has 26 heavy (non-hydrogen) atoms. The van der Waals surface area contributed by atoms with Gasteiger partial charge in [-0.15, -0.1) is 0 Å². The van der Waals surface area contributed by atoms with Crippen molar-refractivity contribution < 1.29 is 23.8 Å². The summed E-state index contributed by atoms with van der Waals surface area (Å²) < 4.78 is 15.0. The first kappa shape index (κ1) is 21.8. The maximum absolute atomic E-state index is 11.3. The average molecular weight is 365 g/mol. The van der Waals surface area contributed by atoms with Gasteiger partial charge in [0.25, 0.3) is 0 Å². The molecule has 0 aliphatic heterocycles. The number of nitrogens with one attached hydrogen (secondary N) is 1. The van der Waals surface area contributed by atoms with E-state index < -0.39 is 11.8 Å². The zero-order chi connectivity index (χ0) is 20.0. The number of rotatable bonds is 2. The van der Waals surface area contributed by atoms with Gasteiger partial charge in [-0.25, -0.2) is 9.59 Å². The average Bonchev–Trinajstić information content (AvgIpc) is 3.21. The largest absolute Gasteiger partial charge is 0.514 e. The van der Waals surface area contributed by atoms with Crippen molar-refractivity contribution >= 4 is 12.2 Å². The van der Waals surface area contributed by atoms with Crippen molar-refractivity contribution in [3.05, 3.63) is 29.8 Å². The smallest absolute Gasteiger partial charge is 0.444 e. The third kappa shape index (κ3) is 11.3. The molecule has 1 aromatic rings. The van der Waals surface area contributed by atoms with E-state index in [0.717, 1.165) is 18.4 Å². The SMILES string of the molecule is CC(C)(C)OC(=O)NC1CC1.Cc1ccc(OC(=O)OC(C)(C)C)cc1. The molecule has 0 radical (unpaired) electrons. The van der Waals surface area contributed by atoms with Crippen molar-refractivity contribution in [1.29, 1.82) is 0 Å². The van der Waals surface area contributed by atoms with Gasteiger partial charge in [-0.2, -0.15) is 0 Å². The standard InChI is InChI=1S/C12H16O3.C8H15NO2/c1-9-5-7-10(8-6-9)14-11(13)15-12(2,3)4;1-8(2,3)11-7(10)9-6-4-5-6/h5-8H,1-4H3;6H,4-5H2,1-3H3,(H,9,10). The summed E-state index contributed by atoms with van der Waals surface area (Å²) in [5.41, 5.74) is 0.215. The molecule has 2 rings (SSSR count). The first-order valence-corrected chi connectivity index (χ1v) is 8.81. The molecule has 1 amide bonds. The topological polar surface area (TPSA) is 73.9 Å². The minimum absolute atomic E-state index is 0.292. The summed E-state index contributed by atoms with van der Waals surface area (Å²) in [5, 5.41) is 2.75. The monoisotopic (exact) mass is 365 g/mol. The van der Waals surface area contributed by atoms with Crippen LogP contribution in [0.25, 0.3) is 0 Å². The Labute approximate surface area is 156 Å². The van der Waals surface area contributed by atoms with Gasteiger partial charge in [0.1, 0.15) is 17.0 Å². The number of aryl methyl sites for hydroxylation is 1. The van der Waals surface area contributed by atoms with Crippen molar-refractivity contribution in [1.82, 2.24) is 5.32 Å². The molecule has 6 heteroatoms. The summed E-state index contributed by atoms with van der Waals surface area (Å²) in [4.78, 5) is 22.2.